The molecule has 2 fully saturated rings. The van der Waals surface area contributed by atoms with Crippen molar-refractivity contribution in [3.05, 3.63) is 63.6 Å². The molecule has 0 aliphatic heterocycles. The summed E-state index contributed by atoms with van der Waals surface area (Å²) in [7, 11) is 0. The van der Waals surface area contributed by atoms with E-state index in [1.807, 2.05) is 0 Å². The number of fused-ring (bicyclic) bond motifs is 1. The van der Waals surface area contributed by atoms with Gasteiger partial charge in [-0.3, -0.25) is 4.79 Å². The van der Waals surface area contributed by atoms with E-state index in [-0.39, 0.29) is 22.6 Å². The molecule has 1 atom stereocenters. The molecule has 31 heavy (non-hydrogen) atoms. The molecule has 2 heterocycles. The average molecular weight is 428 g/mol. The van der Waals surface area contributed by atoms with E-state index in [9.17, 15) is 18.0 Å². The van der Waals surface area contributed by atoms with Crippen LogP contribution in [0.5, 0.6) is 0 Å². The molecule has 1 aromatic carbocycles. The molecule has 0 spiro atoms. The fourth-order valence-corrected chi connectivity index (χ4v) is 4.18. The largest absolute Gasteiger partial charge is 0.363 e. The van der Waals surface area contributed by atoms with Crippen molar-refractivity contribution in [3.8, 4) is 0 Å². The van der Waals surface area contributed by atoms with E-state index in [1.165, 1.54) is 18.5 Å². The highest BCUT2D eigenvalue weighted by atomic mass is 19.3. The third-order valence-corrected chi connectivity index (χ3v) is 6.50. The summed E-state index contributed by atoms with van der Waals surface area (Å²) in [5.74, 6) is -0.263. The summed E-state index contributed by atoms with van der Waals surface area (Å²) in [6.45, 7) is 3.75. The average Bonchev–Trinajstić information content (AvgIpc) is 3.65. The second-order valence-electron chi connectivity index (χ2n) is 8.89. The maximum atomic E-state index is 14.7. The summed E-state index contributed by atoms with van der Waals surface area (Å²) in [5.41, 5.74) is 0.642. The van der Waals surface area contributed by atoms with Crippen LogP contribution < -0.4 is 10.9 Å². The Hall–Kier alpha value is -2.90. The predicted octanol–water partition coefficient (Wildman–Crippen LogP) is 5.43. The molecule has 2 saturated carbocycles. The van der Waals surface area contributed by atoms with Gasteiger partial charge in [0.1, 0.15) is 18.0 Å². The molecular weight excluding hydrogens is 405 g/mol. The van der Waals surface area contributed by atoms with Crippen molar-refractivity contribution in [2.24, 2.45) is 0 Å². The van der Waals surface area contributed by atoms with E-state index in [4.69, 9.17) is 0 Å². The number of hydrogen-bond acceptors (Lipinski definition) is 4. The Bertz CT molecular complexity index is 1230. The third-order valence-electron chi connectivity index (χ3n) is 6.50. The van der Waals surface area contributed by atoms with Crippen molar-refractivity contribution in [2.45, 2.75) is 63.5 Å². The Labute approximate surface area is 177 Å². The van der Waals surface area contributed by atoms with Gasteiger partial charge in [0.15, 0.2) is 0 Å². The van der Waals surface area contributed by atoms with E-state index < -0.39 is 23.8 Å². The van der Waals surface area contributed by atoms with Crippen molar-refractivity contribution < 1.29 is 13.2 Å². The van der Waals surface area contributed by atoms with E-state index in [1.54, 1.807) is 17.7 Å². The van der Waals surface area contributed by atoms with Crippen LogP contribution in [0.4, 0.5) is 19.0 Å². The first-order valence-corrected chi connectivity index (χ1v) is 10.5. The Morgan fingerprint density at radius 2 is 1.90 bits per heavy atom. The highest BCUT2D eigenvalue weighted by molar-refractivity contribution is 5.91. The van der Waals surface area contributed by atoms with Gasteiger partial charge in [-0.1, -0.05) is 18.2 Å². The number of hydrogen-bond donors (Lipinski definition) is 1. The topological polar surface area (TPSA) is 59.8 Å². The molecule has 162 valence electrons. The molecule has 3 aromatic rings. The second-order valence-corrected chi connectivity index (χ2v) is 8.89. The summed E-state index contributed by atoms with van der Waals surface area (Å²) >= 11 is 0. The maximum Gasteiger partial charge on any atom is 0.266 e. The van der Waals surface area contributed by atoms with Crippen LogP contribution in [0.2, 0.25) is 0 Å². The fraction of sp³-hybridized carbons (Fsp3) is 0.435. The summed E-state index contributed by atoms with van der Waals surface area (Å²) in [4.78, 5) is 22.0. The smallest absolute Gasteiger partial charge is 0.266 e. The Morgan fingerprint density at radius 1 is 1.19 bits per heavy atom. The summed E-state index contributed by atoms with van der Waals surface area (Å²) in [5, 5.41) is 3.85. The van der Waals surface area contributed by atoms with Gasteiger partial charge in [0.2, 0.25) is 0 Å². The normalized spacial score (nSPS) is 18.4. The Kier molecular flexibility index (Phi) is 4.57. The number of alkyl halides is 2. The highest BCUT2D eigenvalue weighted by Gasteiger charge is 2.42. The minimum absolute atomic E-state index is 0.00313. The van der Waals surface area contributed by atoms with E-state index >= 15 is 0 Å². The second kappa shape index (κ2) is 7.07. The zero-order valence-corrected chi connectivity index (χ0v) is 17.3. The Balaban J connectivity index is 1.61. The third kappa shape index (κ3) is 3.38. The van der Waals surface area contributed by atoms with Gasteiger partial charge < -0.3 is 9.88 Å². The number of aromatic nitrogens is 3. The molecule has 0 unspecified atom stereocenters. The lowest BCUT2D eigenvalue weighted by Crippen LogP contribution is -2.30. The van der Waals surface area contributed by atoms with Crippen molar-refractivity contribution >= 4 is 16.7 Å². The molecule has 0 saturated heterocycles. The van der Waals surface area contributed by atoms with Crippen molar-refractivity contribution in [1.82, 2.24) is 14.5 Å². The van der Waals surface area contributed by atoms with Gasteiger partial charge in [-0.2, -0.15) is 0 Å². The van der Waals surface area contributed by atoms with Gasteiger partial charge in [0.05, 0.1) is 22.5 Å². The maximum absolute atomic E-state index is 14.7. The van der Waals surface area contributed by atoms with E-state index in [0.717, 1.165) is 37.3 Å². The van der Waals surface area contributed by atoms with Crippen LogP contribution in [0.3, 0.4) is 0 Å². The number of pyridine rings is 1. The summed E-state index contributed by atoms with van der Waals surface area (Å²) in [6.07, 6.45) is 4.07. The van der Waals surface area contributed by atoms with Crippen LogP contribution in [-0.2, 0) is 5.54 Å². The van der Waals surface area contributed by atoms with E-state index in [0.29, 0.717) is 16.7 Å². The highest BCUT2D eigenvalue weighted by Crippen LogP contribution is 2.45. The standard InChI is InChI=1S/C23H23F3N4O/c1-12(14-4-3-5-15(18(14)24)20(25)26)29-21-16-10-30(23(2)8-9-23)22(31)17(13-6-7-13)19(16)27-11-28-21/h3-5,10-13,20H,6-9H2,1-2H3,(H,27,28,29)/t12-/m1/s1. The Morgan fingerprint density at radius 3 is 2.55 bits per heavy atom. The van der Waals surface area contributed by atoms with E-state index in [2.05, 4.69) is 22.2 Å². The van der Waals surface area contributed by atoms with Crippen LogP contribution in [-0.4, -0.2) is 14.5 Å². The zero-order chi connectivity index (χ0) is 21.9. The monoisotopic (exact) mass is 428 g/mol. The fourth-order valence-electron chi connectivity index (χ4n) is 4.18. The van der Waals surface area contributed by atoms with Crippen LogP contribution in [0.15, 0.2) is 35.5 Å². The minimum atomic E-state index is -2.89. The summed E-state index contributed by atoms with van der Waals surface area (Å²) < 4.78 is 42.7. The first-order chi connectivity index (χ1) is 14.8. The summed E-state index contributed by atoms with van der Waals surface area (Å²) in [6, 6.07) is 3.39. The lowest BCUT2D eigenvalue weighted by Gasteiger charge is -2.20. The number of nitrogens with zero attached hydrogens (tertiary/aromatic N) is 3. The van der Waals surface area contributed by atoms with Gasteiger partial charge in [-0.25, -0.2) is 23.1 Å². The molecule has 0 bridgehead atoms. The quantitative estimate of drug-likeness (QED) is 0.569. The zero-order valence-electron chi connectivity index (χ0n) is 17.3. The molecule has 2 aromatic heterocycles. The van der Waals surface area contributed by atoms with Gasteiger partial charge in [0, 0.05) is 22.9 Å². The molecule has 2 aliphatic rings. The first-order valence-electron chi connectivity index (χ1n) is 10.5. The van der Waals surface area contributed by atoms with Gasteiger partial charge in [-0.15, -0.1) is 0 Å². The molecule has 0 amide bonds. The SMILES string of the molecule is C[C@@H](Nc1ncnc2c(C3CC3)c(=O)n(C3(C)CC3)cc12)c1cccc(C(F)F)c1F. The number of anilines is 1. The molecule has 5 rings (SSSR count). The van der Waals surface area contributed by atoms with Crippen molar-refractivity contribution in [2.75, 3.05) is 5.32 Å². The number of halogens is 3. The molecule has 1 N–H and O–H groups in total. The van der Waals surface area contributed by atoms with Gasteiger partial charge in [-0.05, 0) is 45.4 Å². The van der Waals surface area contributed by atoms with Crippen LogP contribution in [0.25, 0.3) is 10.9 Å². The lowest BCUT2D eigenvalue weighted by molar-refractivity contribution is 0.146. The molecule has 0 radical (unpaired) electrons. The first kappa shape index (κ1) is 20.0. The number of nitrogens with one attached hydrogen (secondary N) is 1. The molecule has 5 nitrogen and oxygen atoms in total. The van der Waals surface area contributed by atoms with Crippen molar-refractivity contribution in [3.63, 3.8) is 0 Å². The van der Waals surface area contributed by atoms with Crippen LogP contribution in [0.1, 0.15) is 74.6 Å². The van der Waals surface area contributed by atoms with Crippen LogP contribution >= 0.6 is 0 Å². The van der Waals surface area contributed by atoms with Gasteiger partial charge in [0.25, 0.3) is 12.0 Å². The molecular formula is C23H23F3N4O. The predicted molar refractivity (Wildman–Crippen MR) is 112 cm³/mol. The number of rotatable bonds is 6. The van der Waals surface area contributed by atoms with Crippen LogP contribution in [0, 0.1) is 5.82 Å². The molecule has 8 heteroatoms. The molecule has 2 aliphatic carbocycles. The van der Waals surface area contributed by atoms with Crippen molar-refractivity contribution in [1.29, 1.82) is 0 Å². The number of benzene rings is 1. The minimum Gasteiger partial charge on any atom is -0.363 e. The lowest BCUT2D eigenvalue weighted by atomic mass is 10.0. The van der Waals surface area contributed by atoms with Gasteiger partial charge >= 0.3 is 0 Å².